The number of hydrogen-bond acceptors (Lipinski definition) is 4. The van der Waals surface area contributed by atoms with Gasteiger partial charge < -0.3 is 10.3 Å². The van der Waals surface area contributed by atoms with E-state index in [9.17, 15) is 4.79 Å². The molecule has 0 aliphatic heterocycles. The van der Waals surface area contributed by atoms with Crippen LogP contribution in [0.25, 0.3) is 27.4 Å². The number of nitrogens with zero attached hydrogens (tertiary/aromatic N) is 3. The van der Waals surface area contributed by atoms with Gasteiger partial charge in [-0.05, 0) is 47.8 Å². The summed E-state index contributed by atoms with van der Waals surface area (Å²) in [5, 5.41) is 9.28. The van der Waals surface area contributed by atoms with Gasteiger partial charge in [-0.2, -0.15) is 5.10 Å². The van der Waals surface area contributed by atoms with Crippen LogP contribution in [-0.4, -0.2) is 25.7 Å². The standard InChI is InChI=1S/C21H15N5OS/c27-21(17-10-11-26(25-17)15-5-2-1-3-6-15)22-14-8-9-16-18(13-14)24-20(23-16)19-7-4-12-28-19/h1-13H,(H,22,27)(H,23,24). The van der Waals surface area contributed by atoms with Gasteiger partial charge in [0.05, 0.1) is 21.6 Å². The summed E-state index contributed by atoms with van der Waals surface area (Å²) in [7, 11) is 0. The SMILES string of the molecule is O=C(Nc1ccc2nc(-c3cccs3)[nH]c2c1)c1ccn(-c2ccccc2)n1. The highest BCUT2D eigenvalue weighted by Gasteiger charge is 2.12. The minimum absolute atomic E-state index is 0.257. The molecule has 136 valence electrons. The van der Waals surface area contributed by atoms with Crippen molar-refractivity contribution in [2.24, 2.45) is 0 Å². The topological polar surface area (TPSA) is 75.6 Å². The lowest BCUT2D eigenvalue weighted by Crippen LogP contribution is -2.13. The number of amides is 1. The molecule has 0 radical (unpaired) electrons. The minimum Gasteiger partial charge on any atom is -0.337 e. The third-order valence-electron chi connectivity index (χ3n) is 4.34. The maximum absolute atomic E-state index is 12.6. The Labute approximate surface area is 164 Å². The molecular formula is C21H15N5OS. The number of nitrogens with one attached hydrogen (secondary N) is 2. The summed E-state index contributed by atoms with van der Waals surface area (Å²) in [6.45, 7) is 0. The highest BCUT2D eigenvalue weighted by atomic mass is 32.1. The summed E-state index contributed by atoms with van der Waals surface area (Å²) in [5.74, 6) is 0.571. The fraction of sp³-hybridized carbons (Fsp3) is 0. The van der Waals surface area contributed by atoms with Crippen LogP contribution < -0.4 is 5.32 Å². The normalized spacial score (nSPS) is 11.0. The van der Waals surface area contributed by atoms with Crippen LogP contribution >= 0.6 is 11.3 Å². The first-order valence-electron chi connectivity index (χ1n) is 8.72. The van der Waals surface area contributed by atoms with Crippen LogP contribution in [0.2, 0.25) is 0 Å². The van der Waals surface area contributed by atoms with Crippen molar-refractivity contribution in [1.29, 1.82) is 0 Å². The molecular weight excluding hydrogens is 370 g/mol. The van der Waals surface area contributed by atoms with Crippen molar-refractivity contribution in [3.05, 3.63) is 84.0 Å². The van der Waals surface area contributed by atoms with Gasteiger partial charge in [-0.15, -0.1) is 11.3 Å². The largest absolute Gasteiger partial charge is 0.337 e. The van der Waals surface area contributed by atoms with E-state index in [1.54, 1.807) is 28.3 Å². The molecule has 7 heteroatoms. The van der Waals surface area contributed by atoms with Crippen molar-refractivity contribution in [3.8, 4) is 16.4 Å². The van der Waals surface area contributed by atoms with E-state index in [2.05, 4.69) is 20.4 Å². The number of carbonyl (C=O) groups excluding carboxylic acids is 1. The molecule has 3 aromatic heterocycles. The summed E-state index contributed by atoms with van der Waals surface area (Å²) < 4.78 is 1.68. The molecule has 0 aliphatic rings. The van der Waals surface area contributed by atoms with Gasteiger partial charge in [0.15, 0.2) is 5.69 Å². The molecule has 2 N–H and O–H groups in total. The van der Waals surface area contributed by atoms with Crippen LogP contribution in [0.4, 0.5) is 5.69 Å². The third kappa shape index (κ3) is 3.08. The average Bonchev–Trinajstić information content (AvgIpc) is 3.47. The molecule has 6 nitrogen and oxygen atoms in total. The Kier molecular flexibility index (Phi) is 3.99. The predicted molar refractivity (Wildman–Crippen MR) is 111 cm³/mol. The molecule has 0 saturated heterocycles. The van der Waals surface area contributed by atoms with E-state index in [-0.39, 0.29) is 5.91 Å². The predicted octanol–water partition coefficient (Wildman–Crippen LogP) is 4.73. The Morgan fingerprint density at radius 2 is 1.93 bits per heavy atom. The number of hydrogen-bond donors (Lipinski definition) is 2. The first-order chi connectivity index (χ1) is 13.8. The van der Waals surface area contributed by atoms with E-state index in [1.807, 2.05) is 66.0 Å². The maximum atomic E-state index is 12.6. The van der Waals surface area contributed by atoms with Gasteiger partial charge in [0, 0.05) is 11.9 Å². The van der Waals surface area contributed by atoms with Crippen LogP contribution in [0, 0.1) is 0 Å². The van der Waals surface area contributed by atoms with Crippen molar-refractivity contribution in [1.82, 2.24) is 19.7 Å². The number of fused-ring (bicyclic) bond motifs is 1. The van der Waals surface area contributed by atoms with Crippen LogP contribution in [0.5, 0.6) is 0 Å². The molecule has 5 rings (SSSR count). The van der Waals surface area contributed by atoms with E-state index < -0.39 is 0 Å². The summed E-state index contributed by atoms with van der Waals surface area (Å²) in [5.41, 5.74) is 3.67. The average molecular weight is 385 g/mol. The van der Waals surface area contributed by atoms with Crippen LogP contribution in [0.3, 0.4) is 0 Å². The van der Waals surface area contributed by atoms with Crippen molar-refractivity contribution >= 4 is 34.0 Å². The molecule has 0 atom stereocenters. The Balaban J connectivity index is 1.37. The van der Waals surface area contributed by atoms with E-state index >= 15 is 0 Å². The summed E-state index contributed by atoms with van der Waals surface area (Å²) in [4.78, 5) is 21.6. The lowest BCUT2D eigenvalue weighted by Gasteiger charge is -2.03. The van der Waals surface area contributed by atoms with Crippen molar-refractivity contribution < 1.29 is 4.79 Å². The smallest absolute Gasteiger partial charge is 0.276 e. The number of thiophene rings is 1. The molecule has 0 saturated carbocycles. The number of benzene rings is 2. The zero-order valence-electron chi connectivity index (χ0n) is 14.7. The van der Waals surface area contributed by atoms with E-state index in [0.29, 0.717) is 11.4 Å². The Hall–Kier alpha value is -3.71. The molecule has 3 heterocycles. The molecule has 0 unspecified atom stereocenters. The number of rotatable bonds is 4. The summed E-state index contributed by atoms with van der Waals surface area (Å²) in [6.07, 6.45) is 1.77. The fourth-order valence-electron chi connectivity index (χ4n) is 2.98. The van der Waals surface area contributed by atoms with Gasteiger partial charge in [-0.25, -0.2) is 9.67 Å². The fourth-order valence-corrected chi connectivity index (χ4v) is 3.65. The monoisotopic (exact) mass is 385 g/mol. The van der Waals surface area contributed by atoms with E-state index in [0.717, 1.165) is 27.4 Å². The van der Waals surface area contributed by atoms with Crippen LogP contribution in [-0.2, 0) is 0 Å². The lowest BCUT2D eigenvalue weighted by atomic mass is 10.2. The second-order valence-corrected chi connectivity index (χ2v) is 7.18. The number of imidazole rings is 1. The zero-order valence-corrected chi connectivity index (χ0v) is 15.5. The molecule has 0 bridgehead atoms. The quantitative estimate of drug-likeness (QED) is 0.470. The maximum Gasteiger partial charge on any atom is 0.276 e. The molecule has 28 heavy (non-hydrogen) atoms. The van der Waals surface area contributed by atoms with Crippen molar-refractivity contribution in [2.75, 3.05) is 5.32 Å². The number of carbonyl (C=O) groups is 1. The van der Waals surface area contributed by atoms with E-state index in [1.165, 1.54) is 0 Å². The Bertz CT molecular complexity index is 1250. The van der Waals surface area contributed by atoms with Crippen LogP contribution in [0.15, 0.2) is 78.3 Å². The molecule has 1 amide bonds. The van der Waals surface area contributed by atoms with Crippen molar-refractivity contribution in [2.45, 2.75) is 0 Å². The highest BCUT2D eigenvalue weighted by molar-refractivity contribution is 7.13. The van der Waals surface area contributed by atoms with Gasteiger partial charge in [0.1, 0.15) is 5.82 Å². The number of para-hydroxylation sites is 1. The lowest BCUT2D eigenvalue weighted by molar-refractivity contribution is 0.102. The Morgan fingerprint density at radius 3 is 2.75 bits per heavy atom. The van der Waals surface area contributed by atoms with Gasteiger partial charge in [0.25, 0.3) is 5.91 Å². The number of aromatic amines is 1. The summed E-state index contributed by atoms with van der Waals surface area (Å²) >= 11 is 1.63. The number of anilines is 1. The second-order valence-electron chi connectivity index (χ2n) is 6.23. The minimum atomic E-state index is -0.257. The molecule has 0 spiro atoms. The van der Waals surface area contributed by atoms with Gasteiger partial charge >= 0.3 is 0 Å². The van der Waals surface area contributed by atoms with E-state index in [4.69, 9.17) is 0 Å². The van der Waals surface area contributed by atoms with Gasteiger partial charge in [-0.3, -0.25) is 4.79 Å². The van der Waals surface area contributed by atoms with Crippen LogP contribution in [0.1, 0.15) is 10.5 Å². The third-order valence-corrected chi connectivity index (χ3v) is 5.21. The van der Waals surface area contributed by atoms with Crippen molar-refractivity contribution in [3.63, 3.8) is 0 Å². The number of H-pyrrole nitrogens is 1. The molecule has 2 aromatic carbocycles. The number of aromatic nitrogens is 4. The highest BCUT2D eigenvalue weighted by Crippen LogP contribution is 2.26. The second kappa shape index (κ2) is 6.79. The molecule has 0 aliphatic carbocycles. The first-order valence-corrected chi connectivity index (χ1v) is 9.60. The van der Waals surface area contributed by atoms with Gasteiger partial charge in [-0.1, -0.05) is 24.3 Å². The molecule has 0 fully saturated rings. The zero-order chi connectivity index (χ0) is 18.9. The summed E-state index contributed by atoms with van der Waals surface area (Å²) in [6, 6.07) is 21.0. The molecule has 5 aromatic rings. The van der Waals surface area contributed by atoms with Gasteiger partial charge in [0.2, 0.25) is 0 Å². The first kappa shape index (κ1) is 16.5. The Morgan fingerprint density at radius 1 is 1.04 bits per heavy atom.